The van der Waals surface area contributed by atoms with E-state index in [1.54, 1.807) is 18.4 Å². The lowest BCUT2D eigenvalue weighted by Gasteiger charge is -2.19. The molecule has 5 nitrogen and oxygen atoms in total. The van der Waals surface area contributed by atoms with Crippen molar-refractivity contribution in [1.29, 1.82) is 0 Å². The predicted molar refractivity (Wildman–Crippen MR) is 76.7 cm³/mol. The van der Waals surface area contributed by atoms with Crippen LogP contribution in [0.5, 0.6) is 0 Å². The Balaban J connectivity index is 2.60. The number of hydrogen-bond acceptors (Lipinski definition) is 5. The van der Waals surface area contributed by atoms with E-state index in [-0.39, 0.29) is 18.0 Å². The molecule has 0 aromatic carbocycles. The van der Waals surface area contributed by atoms with E-state index in [9.17, 15) is 9.59 Å². The van der Waals surface area contributed by atoms with Gasteiger partial charge in [-0.2, -0.15) is 0 Å². The highest BCUT2D eigenvalue weighted by Gasteiger charge is 2.17. The molecule has 6 heteroatoms. The maximum absolute atomic E-state index is 11.8. The minimum absolute atomic E-state index is 0.128. The maximum atomic E-state index is 11.8. The first kappa shape index (κ1) is 15.7. The Morgan fingerprint density at radius 2 is 2.05 bits per heavy atom. The van der Waals surface area contributed by atoms with Crippen molar-refractivity contribution < 1.29 is 14.3 Å². The molecule has 0 unspecified atom stereocenters. The molecule has 19 heavy (non-hydrogen) atoms. The summed E-state index contributed by atoms with van der Waals surface area (Å²) < 4.78 is 4.92. The molecule has 0 fully saturated rings. The number of amides is 1. The van der Waals surface area contributed by atoms with Crippen LogP contribution in [-0.4, -0.2) is 30.6 Å². The molecule has 1 aromatic rings. The number of esters is 1. The van der Waals surface area contributed by atoms with Crippen LogP contribution in [0.15, 0.2) is 11.4 Å². The Morgan fingerprint density at radius 3 is 2.63 bits per heavy atom. The van der Waals surface area contributed by atoms with Crippen molar-refractivity contribution in [3.8, 4) is 0 Å². The molecule has 1 heterocycles. The Labute approximate surface area is 117 Å². The summed E-state index contributed by atoms with van der Waals surface area (Å²) in [5, 5.41) is 8.08. The van der Waals surface area contributed by atoms with Crippen LogP contribution in [0.25, 0.3) is 0 Å². The van der Waals surface area contributed by atoms with Crippen molar-refractivity contribution in [2.24, 2.45) is 0 Å². The molecule has 0 aliphatic rings. The molecule has 1 aromatic heterocycles. The first-order valence-electron chi connectivity index (χ1n) is 6.13. The average molecular weight is 284 g/mol. The molecule has 0 aliphatic carbocycles. The van der Waals surface area contributed by atoms with Gasteiger partial charge in [-0.1, -0.05) is 0 Å². The fourth-order valence-corrected chi connectivity index (χ4v) is 2.08. The molecule has 0 saturated heterocycles. The Hall–Kier alpha value is -1.40. The monoisotopic (exact) mass is 284 g/mol. The number of carbonyl (C=O) groups excluding carboxylic acids is 2. The third-order valence-corrected chi connectivity index (χ3v) is 3.02. The quantitative estimate of drug-likeness (QED) is 0.814. The molecule has 106 valence electrons. The fraction of sp³-hybridized carbons (Fsp3) is 0.538. The number of carbonyl (C=O) groups is 2. The number of ether oxygens (including phenoxy) is 1. The summed E-state index contributed by atoms with van der Waals surface area (Å²) in [5.74, 6) is -0.592. The van der Waals surface area contributed by atoms with Gasteiger partial charge >= 0.3 is 5.97 Å². The number of nitrogens with one attached hydrogen (secondary N) is 2. The van der Waals surface area contributed by atoms with Gasteiger partial charge in [0.2, 0.25) is 5.91 Å². The average Bonchev–Trinajstić information content (AvgIpc) is 2.74. The zero-order valence-corrected chi connectivity index (χ0v) is 12.5. The summed E-state index contributed by atoms with van der Waals surface area (Å²) in [6.45, 7) is 8.20. The van der Waals surface area contributed by atoms with E-state index < -0.39 is 5.97 Å². The van der Waals surface area contributed by atoms with Crippen LogP contribution in [0.1, 0.15) is 38.1 Å². The number of anilines is 1. The van der Waals surface area contributed by atoms with E-state index in [1.807, 2.05) is 20.8 Å². The van der Waals surface area contributed by atoms with E-state index in [4.69, 9.17) is 4.74 Å². The molecule has 0 atom stereocenters. The molecule has 0 bridgehead atoms. The second kappa shape index (κ2) is 6.68. The molecular formula is C13H20N2O3S. The Bertz CT molecular complexity index is 449. The standard InChI is InChI=1S/C13H20N2O3S/c1-5-18-12(17)9-6-7-19-11(9)15-10(16)8-14-13(2,3)4/h6-7,14H,5,8H2,1-4H3,(H,15,16). The van der Waals surface area contributed by atoms with Crippen LogP contribution in [0.2, 0.25) is 0 Å². The number of rotatable bonds is 5. The van der Waals surface area contributed by atoms with Gasteiger partial charge in [0.1, 0.15) is 5.00 Å². The van der Waals surface area contributed by atoms with E-state index in [1.165, 1.54) is 11.3 Å². The summed E-state index contributed by atoms with van der Waals surface area (Å²) in [6.07, 6.45) is 0. The zero-order chi connectivity index (χ0) is 14.5. The highest BCUT2D eigenvalue weighted by Crippen LogP contribution is 2.23. The number of thiophene rings is 1. The van der Waals surface area contributed by atoms with Gasteiger partial charge in [-0.15, -0.1) is 11.3 Å². The highest BCUT2D eigenvalue weighted by atomic mass is 32.1. The SMILES string of the molecule is CCOC(=O)c1ccsc1NC(=O)CNC(C)(C)C. The molecule has 0 radical (unpaired) electrons. The van der Waals surface area contributed by atoms with Gasteiger partial charge in [-0.25, -0.2) is 4.79 Å². The molecule has 1 rings (SSSR count). The van der Waals surface area contributed by atoms with Crippen LogP contribution in [0.4, 0.5) is 5.00 Å². The Morgan fingerprint density at radius 1 is 1.37 bits per heavy atom. The lowest BCUT2D eigenvalue weighted by atomic mass is 10.1. The lowest BCUT2D eigenvalue weighted by Crippen LogP contribution is -2.41. The molecule has 0 aliphatic heterocycles. The molecule has 2 N–H and O–H groups in total. The predicted octanol–water partition coefficient (Wildman–Crippen LogP) is 2.25. The van der Waals surface area contributed by atoms with Gasteiger partial charge in [0, 0.05) is 5.54 Å². The smallest absolute Gasteiger partial charge is 0.341 e. The normalized spacial score (nSPS) is 11.2. The Kier molecular flexibility index (Phi) is 5.50. The van der Waals surface area contributed by atoms with Crippen molar-refractivity contribution in [2.75, 3.05) is 18.5 Å². The first-order chi connectivity index (χ1) is 8.83. The minimum Gasteiger partial charge on any atom is -0.462 e. The lowest BCUT2D eigenvalue weighted by molar-refractivity contribution is -0.115. The summed E-state index contributed by atoms with van der Waals surface area (Å²) in [6, 6.07) is 1.65. The van der Waals surface area contributed by atoms with Crippen molar-refractivity contribution in [2.45, 2.75) is 33.2 Å². The number of hydrogen-bond donors (Lipinski definition) is 2. The first-order valence-corrected chi connectivity index (χ1v) is 7.01. The fourth-order valence-electron chi connectivity index (χ4n) is 1.29. The van der Waals surface area contributed by atoms with Gasteiger partial charge < -0.3 is 15.4 Å². The van der Waals surface area contributed by atoms with Gasteiger partial charge in [-0.3, -0.25) is 4.79 Å². The molecule has 0 spiro atoms. The van der Waals surface area contributed by atoms with Gasteiger partial charge in [0.15, 0.2) is 0 Å². The van der Waals surface area contributed by atoms with E-state index >= 15 is 0 Å². The molecular weight excluding hydrogens is 264 g/mol. The minimum atomic E-state index is -0.414. The van der Waals surface area contributed by atoms with E-state index in [0.717, 1.165) is 0 Å². The topological polar surface area (TPSA) is 67.4 Å². The largest absolute Gasteiger partial charge is 0.462 e. The van der Waals surface area contributed by atoms with Crippen LogP contribution in [0, 0.1) is 0 Å². The van der Waals surface area contributed by atoms with Gasteiger partial charge in [0.05, 0.1) is 18.7 Å². The van der Waals surface area contributed by atoms with Crippen molar-refractivity contribution in [1.82, 2.24) is 5.32 Å². The van der Waals surface area contributed by atoms with Crippen LogP contribution in [-0.2, 0) is 9.53 Å². The summed E-state index contributed by atoms with van der Waals surface area (Å²) in [5.41, 5.74) is 0.271. The summed E-state index contributed by atoms with van der Waals surface area (Å²) in [4.78, 5) is 23.4. The third-order valence-electron chi connectivity index (χ3n) is 2.19. The maximum Gasteiger partial charge on any atom is 0.341 e. The van der Waals surface area contributed by atoms with Crippen LogP contribution >= 0.6 is 11.3 Å². The second-order valence-corrected chi connectivity index (χ2v) is 5.95. The van der Waals surface area contributed by atoms with Crippen LogP contribution in [0.3, 0.4) is 0 Å². The summed E-state index contributed by atoms with van der Waals surface area (Å²) in [7, 11) is 0. The van der Waals surface area contributed by atoms with Crippen molar-refractivity contribution in [3.05, 3.63) is 17.0 Å². The summed E-state index contributed by atoms with van der Waals surface area (Å²) >= 11 is 1.30. The van der Waals surface area contributed by atoms with E-state index in [0.29, 0.717) is 17.2 Å². The highest BCUT2D eigenvalue weighted by molar-refractivity contribution is 7.14. The van der Waals surface area contributed by atoms with Crippen molar-refractivity contribution in [3.63, 3.8) is 0 Å². The molecule has 0 saturated carbocycles. The van der Waals surface area contributed by atoms with Gasteiger partial charge in [-0.05, 0) is 39.1 Å². The van der Waals surface area contributed by atoms with Crippen molar-refractivity contribution >= 4 is 28.2 Å². The van der Waals surface area contributed by atoms with E-state index in [2.05, 4.69) is 10.6 Å². The molecule has 1 amide bonds. The van der Waals surface area contributed by atoms with Gasteiger partial charge in [0.25, 0.3) is 0 Å². The zero-order valence-electron chi connectivity index (χ0n) is 11.7. The second-order valence-electron chi connectivity index (χ2n) is 5.04. The third kappa shape index (κ3) is 5.40. The van der Waals surface area contributed by atoms with Crippen LogP contribution < -0.4 is 10.6 Å².